The average molecular weight is 311 g/mol. The molecule has 1 aromatic heterocycles. The Kier molecular flexibility index (Phi) is 4.95. The molecule has 2 rings (SSSR count). The molecular formula is C14H21N3O3S. The molecule has 1 aliphatic heterocycles. The number of nitrogens with one attached hydrogen (secondary N) is 1. The van der Waals surface area contributed by atoms with E-state index in [4.69, 9.17) is 0 Å². The fraction of sp³-hybridized carbons (Fsp3) is 0.571. The summed E-state index contributed by atoms with van der Waals surface area (Å²) in [6.07, 6.45) is 6.02. The predicted molar refractivity (Wildman–Crippen MR) is 79.9 cm³/mol. The lowest BCUT2D eigenvalue weighted by atomic mass is 9.98. The lowest BCUT2D eigenvalue weighted by molar-refractivity contribution is -0.126. The van der Waals surface area contributed by atoms with E-state index in [1.165, 1.54) is 10.6 Å². The Balaban J connectivity index is 1.97. The van der Waals surface area contributed by atoms with Crippen LogP contribution in [0.1, 0.15) is 31.4 Å². The van der Waals surface area contributed by atoms with Gasteiger partial charge in [0.05, 0.1) is 18.2 Å². The van der Waals surface area contributed by atoms with Crippen molar-refractivity contribution in [3.8, 4) is 0 Å². The van der Waals surface area contributed by atoms with Gasteiger partial charge >= 0.3 is 0 Å². The molecule has 0 unspecified atom stereocenters. The predicted octanol–water partition coefficient (Wildman–Crippen LogP) is 0.930. The van der Waals surface area contributed by atoms with Crippen LogP contribution in [0.25, 0.3) is 0 Å². The van der Waals surface area contributed by atoms with Crippen LogP contribution in [0, 0.1) is 5.92 Å². The second kappa shape index (κ2) is 6.53. The molecule has 1 saturated heterocycles. The van der Waals surface area contributed by atoms with Gasteiger partial charge in [0, 0.05) is 25.5 Å². The number of hydrogen-bond donors (Lipinski definition) is 1. The Morgan fingerprint density at radius 2 is 2.29 bits per heavy atom. The summed E-state index contributed by atoms with van der Waals surface area (Å²) < 4.78 is 24.6. The monoisotopic (exact) mass is 311 g/mol. The smallest absolute Gasteiger partial charge is 0.224 e. The zero-order valence-electron chi connectivity index (χ0n) is 12.3. The number of rotatable bonds is 4. The normalized spacial score (nSPS) is 21.7. The number of hydrogen-bond acceptors (Lipinski definition) is 4. The van der Waals surface area contributed by atoms with Crippen molar-refractivity contribution in [2.24, 2.45) is 5.92 Å². The Hall–Kier alpha value is -1.47. The molecule has 7 heteroatoms. The van der Waals surface area contributed by atoms with Gasteiger partial charge in [0.1, 0.15) is 0 Å². The van der Waals surface area contributed by atoms with Crippen LogP contribution >= 0.6 is 0 Å². The quantitative estimate of drug-likeness (QED) is 0.897. The number of piperidine rings is 1. The average Bonchev–Trinajstić information content (AvgIpc) is 2.47. The van der Waals surface area contributed by atoms with E-state index in [2.05, 4.69) is 10.3 Å². The van der Waals surface area contributed by atoms with Crippen LogP contribution in [0.5, 0.6) is 0 Å². The first-order chi connectivity index (χ1) is 9.88. The number of carbonyl (C=O) groups excluding carboxylic acids is 1. The second-order valence-corrected chi connectivity index (χ2v) is 7.46. The fourth-order valence-corrected chi connectivity index (χ4v) is 3.42. The third-order valence-electron chi connectivity index (χ3n) is 3.77. The molecule has 1 aromatic rings. The van der Waals surface area contributed by atoms with Crippen molar-refractivity contribution in [1.29, 1.82) is 0 Å². The number of amides is 1. The van der Waals surface area contributed by atoms with Gasteiger partial charge in [-0.05, 0) is 31.4 Å². The first-order valence-corrected chi connectivity index (χ1v) is 8.88. The minimum absolute atomic E-state index is 0.0975. The van der Waals surface area contributed by atoms with E-state index >= 15 is 0 Å². The molecule has 6 nitrogen and oxygen atoms in total. The van der Waals surface area contributed by atoms with Crippen molar-refractivity contribution in [2.75, 3.05) is 19.3 Å². The largest absolute Gasteiger partial charge is 0.349 e. The van der Waals surface area contributed by atoms with Gasteiger partial charge in [-0.25, -0.2) is 12.7 Å². The molecule has 1 N–H and O–H groups in total. The van der Waals surface area contributed by atoms with Crippen LogP contribution in [-0.4, -0.2) is 43.0 Å². The fourth-order valence-electron chi connectivity index (χ4n) is 2.50. The molecule has 2 atom stereocenters. The number of pyridine rings is 1. The van der Waals surface area contributed by atoms with E-state index < -0.39 is 10.0 Å². The van der Waals surface area contributed by atoms with Crippen LogP contribution in [0.15, 0.2) is 24.5 Å². The van der Waals surface area contributed by atoms with Gasteiger partial charge in [-0.15, -0.1) is 0 Å². The second-order valence-electron chi connectivity index (χ2n) is 5.48. The molecule has 0 spiro atoms. The highest BCUT2D eigenvalue weighted by Crippen LogP contribution is 2.20. The van der Waals surface area contributed by atoms with Crippen LogP contribution in [0.2, 0.25) is 0 Å². The summed E-state index contributed by atoms with van der Waals surface area (Å²) in [5.74, 6) is -0.382. The minimum Gasteiger partial charge on any atom is -0.349 e. The summed E-state index contributed by atoms with van der Waals surface area (Å²) in [5.41, 5.74) is 0.932. The number of sulfonamides is 1. The summed E-state index contributed by atoms with van der Waals surface area (Å²) in [4.78, 5) is 16.3. The van der Waals surface area contributed by atoms with Crippen LogP contribution in [-0.2, 0) is 14.8 Å². The van der Waals surface area contributed by atoms with Crippen molar-refractivity contribution in [3.63, 3.8) is 0 Å². The topological polar surface area (TPSA) is 79.4 Å². The van der Waals surface area contributed by atoms with Crippen molar-refractivity contribution in [1.82, 2.24) is 14.6 Å². The van der Waals surface area contributed by atoms with Crippen molar-refractivity contribution in [2.45, 2.75) is 25.8 Å². The van der Waals surface area contributed by atoms with Gasteiger partial charge in [0.15, 0.2) is 0 Å². The highest BCUT2D eigenvalue weighted by Gasteiger charge is 2.30. The van der Waals surface area contributed by atoms with Gasteiger partial charge in [-0.2, -0.15) is 0 Å². The van der Waals surface area contributed by atoms with E-state index in [0.29, 0.717) is 13.0 Å². The molecule has 116 valence electrons. The zero-order valence-corrected chi connectivity index (χ0v) is 13.1. The lowest BCUT2D eigenvalue weighted by Gasteiger charge is -2.30. The maximum atomic E-state index is 12.3. The Bertz CT molecular complexity index is 589. The molecule has 1 amide bonds. The third kappa shape index (κ3) is 4.25. The molecule has 1 fully saturated rings. The van der Waals surface area contributed by atoms with Gasteiger partial charge in [0.2, 0.25) is 15.9 Å². The molecule has 0 aromatic carbocycles. The van der Waals surface area contributed by atoms with E-state index in [-0.39, 0.29) is 24.4 Å². The first-order valence-electron chi connectivity index (χ1n) is 7.03. The molecular weight excluding hydrogens is 290 g/mol. The maximum Gasteiger partial charge on any atom is 0.224 e. The van der Waals surface area contributed by atoms with Crippen LogP contribution < -0.4 is 5.32 Å². The molecule has 0 aliphatic carbocycles. The Labute approximate surface area is 125 Å². The summed E-state index contributed by atoms with van der Waals surface area (Å²) in [6.45, 7) is 2.66. The van der Waals surface area contributed by atoms with E-state index in [1.807, 2.05) is 19.1 Å². The number of nitrogens with zero attached hydrogens (tertiary/aromatic N) is 2. The molecule has 0 radical (unpaired) electrons. The number of carbonyl (C=O) groups is 1. The van der Waals surface area contributed by atoms with Crippen LogP contribution in [0.3, 0.4) is 0 Å². The zero-order chi connectivity index (χ0) is 15.5. The summed E-state index contributed by atoms with van der Waals surface area (Å²) in [5, 5.41) is 2.94. The highest BCUT2D eigenvalue weighted by atomic mass is 32.2. The van der Waals surface area contributed by atoms with E-state index in [0.717, 1.165) is 12.0 Å². The summed E-state index contributed by atoms with van der Waals surface area (Å²) >= 11 is 0. The summed E-state index contributed by atoms with van der Waals surface area (Å²) in [7, 11) is -3.23. The lowest BCUT2D eigenvalue weighted by Crippen LogP contribution is -2.45. The SMILES string of the molecule is C[C@@H](NC(=O)[C@H]1CCCN(S(C)(=O)=O)C1)c1cccnc1. The van der Waals surface area contributed by atoms with Crippen molar-refractivity contribution >= 4 is 15.9 Å². The molecule has 2 heterocycles. The van der Waals surface area contributed by atoms with Gasteiger partial charge in [0.25, 0.3) is 0 Å². The molecule has 1 aliphatic rings. The standard InChI is InChI=1S/C14H21N3O3S/c1-11(12-5-3-7-15-9-12)16-14(18)13-6-4-8-17(10-13)21(2,19)20/h3,5,7,9,11,13H,4,6,8,10H2,1-2H3,(H,16,18)/t11-,13+/m1/s1. The Morgan fingerprint density at radius 1 is 1.52 bits per heavy atom. The first kappa shape index (κ1) is 15.9. The van der Waals surface area contributed by atoms with Gasteiger partial charge in [-0.3, -0.25) is 9.78 Å². The molecule has 0 saturated carbocycles. The van der Waals surface area contributed by atoms with Crippen LogP contribution in [0.4, 0.5) is 0 Å². The van der Waals surface area contributed by atoms with Gasteiger partial charge in [-0.1, -0.05) is 6.07 Å². The van der Waals surface area contributed by atoms with E-state index in [1.54, 1.807) is 12.4 Å². The molecule has 0 bridgehead atoms. The van der Waals surface area contributed by atoms with Gasteiger partial charge < -0.3 is 5.32 Å². The highest BCUT2D eigenvalue weighted by molar-refractivity contribution is 7.88. The maximum absolute atomic E-state index is 12.3. The van der Waals surface area contributed by atoms with Crippen molar-refractivity contribution in [3.05, 3.63) is 30.1 Å². The summed E-state index contributed by atoms with van der Waals surface area (Å²) in [6, 6.07) is 3.59. The molecule has 21 heavy (non-hydrogen) atoms. The number of aromatic nitrogens is 1. The third-order valence-corrected chi connectivity index (χ3v) is 5.04. The minimum atomic E-state index is -3.23. The Morgan fingerprint density at radius 3 is 2.90 bits per heavy atom. The van der Waals surface area contributed by atoms with Crippen molar-refractivity contribution < 1.29 is 13.2 Å². The van der Waals surface area contributed by atoms with E-state index in [9.17, 15) is 13.2 Å².